The minimum absolute atomic E-state index is 0.00708. The van der Waals surface area contributed by atoms with E-state index in [2.05, 4.69) is 0 Å². The molecule has 6 nitrogen and oxygen atoms in total. The van der Waals surface area contributed by atoms with Crippen LogP contribution in [0.2, 0.25) is 5.02 Å². The monoisotopic (exact) mass is 450 g/mol. The molecule has 164 valence electrons. The van der Waals surface area contributed by atoms with E-state index < -0.39 is 0 Å². The summed E-state index contributed by atoms with van der Waals surface area (Å²) in [6.07, 6.45) is 0.357. The molecule has 0 aromatic heterocycles. The molecule has 0 amide bonds. The van der Waals surface area contributed by atoms with E-state index in [0.29, 0.717) is 16.5 Å². The fraction of sp³-hybridized carbons (Fsp3) is 0.240. The van der Waals surface area contributed by atoms with E-state index in [1.165, 1.54) is 0 Å². The standard InChI is InChI=1S/C25H23ClN2O4/c1-29-18-8-4-15(5-9-18)25-28-21(19-13-17(26)7-11-22(19)32-25)14-20(27-28)16-6-10-23(30-2)24(12-16)31-3/h4-13,21,25H,14H2,1-3H3/t21-,25-/m0/s1. The Balaban J connectivity index is 1.57. The Kier molecular flexibility index (Phi) is 5.31. The number of fused-ring (bicyclic) bond motifs is 3. The molecule has 2 aliphatic rings. The van der Waals surface area contributed by atoms with Gasteiger partial charge in [-0.25, -0.2) is 5.01 Å². The van der Waals surface area contributed by atoms with Crippen molar-refractivity contribution in [2.75, 3.05) is 21.3 Å². The molecule has 32 heavy (non-hydrogen) atoms. The van der Waals surface area contributed by atoms with Crippen LogP contribution >= 0.6 is 11.6 Å². The van der Waals surface area contributed by atoms with Crippen molar-refractivity contribution in [2.24, 2.45) is 5.10 Å². The Labute approximate surface area is 191 Å². The molecule has 0 spiro atoms. The average molecular weight is 451 g/mol. The van der Waals surface area contributed by atoms with Crippen LogP contribution in [0.3, 0.4) is 0 Å². The fourth-order valence-corrected chi connectivity index (χ4v) is 4.42. The van der Waals surface area contributed by atoms with Gasteiger partial charge in [-0.3, -0.25) is 0 Å². The number of methoxy groups -OCH3 is 3. The van der Waals surface area contributed by atoms with Crippen LogP contribution in [0.1, 0.15) is 35.4 Å². The number of rotatable bonds is 5. The van der Waals surface area contributed by atoms with E-state index in [1.54, 1.807) is 21.3 Å². The first-order valence-electron chi connectivity index (χ1n) is 10.3. The lowest BCUT2D eigenvalue weighted by Gasteiger charge is -2.38. The second kappa shape index (κ2) is 8.28. The maximum atomic E-state index is 6.40. The van der Waals surface area contributed by atoms with Gasteiger partial charge in [0.2, 0.25) is 6.23 Å². The molecule has 2 atom stereocenters. The molecule has 0 saturated heterocycles. The summed E-state index contributed by atoms with van der Waals surface area (Å²) < 4.78 is 22.6. The number of hydrogen-bond acceptors (Lipinski definition) is 6. The van der Waals surface area contributed by atoms with Crippen LogP contribution in [0.5, 0.6) is 23.0 Å². The van der Waals surface area contributed by atoms with E-state index in [0.717, 1.165) is 40.3 Å². The Morgan fingerprint density at radius 3 is 2.41 bits per heavy atom. The molecule has 0 unspecified atom stereocenters. The van der Waals surface area contributed by atoms with Crippen molar-refractivity contribution in [3.05, 3.63) is 82.4 Å². The van der Waals surface area contributed by atoms with Crippen LogP contribution in [-0.4, -0.2) is 32.0 Å². The zero-order valence-electron chi connectivity index (χ0n) is 18.0. The molecule has 0 bridgehead atoms. The molecule has 3 aromatic rings. The van der Waals surface area contributed by atoms with Gasteiger partial charge in [-0.05, 0) is 60.7 Å². The molecule has 7 heteroatoms. The van der Waals surface area contributed by atoms with E-state index >= 15 is 0 Å². The number of halogens is 1. The number of hydrogen-bond donors (Lipinski definition) is 0. The number of benzene rings is 3. The molecule has 0 N–H and O–H groups in total. The summed E-state index contributed by atoms with van der Waals surface area (Å²) in [5, 5.41) is 7.69. The predicted octanol–water partition coefficient (Wildman–Crippen LogP) is 5.61. The van der Waals surface area contributed by atoms with E-state index in [4.69, 9.17) is 35.6 Å². The zero-order chi connectivity index (χ0) is 22.2. The van der Waals surface area contributed by atoms with Gasteiger partial charge >= 0.3 is 0 Å². The average Bonchev–Trinajstić information content (AvgIpc) is 3.29. The molecule has 2 aliphatic heterocycles. The Bertz CT molecular complexity index is 1180. The van der Waals surface area contributed by atoms with Gasteiger partial charge in [-0.15, -0.1) is 0 Å². The lowest BCUT2D eigenvalue weighted by Crippen LogP contribution is -2.33. The SMILES string of the molecule is COc1ccc([C@@H]2Oc3ccc(Cl)cc3[C@@H]3CC(c4ccc(OC)c(OC)c4)=NN32)cc1. The summed E-state index contributed by atoms with van der Waals surface area (Å²) in [6.45, 7) is 0. The van der Waals surface area contributed by atoms with Gasteiger partial charge in [0.25, 0.3) is 0 Å². The normalized spacial score (nSPS) is 18.9. The van der Waals surface area contributed by atoms with Gasteiger partial charge in [-0.1, -0.05) is 11.6 Å². The highest BCUT2D eigenvalue weighted by atomic mass is 35.5. The molecule has 0 aliphatic carbocycles. The topological polar surface area (TPSA) is 52.5 Å². The summed E-state index contributed by atoms with van der Waals surface area (Å²) >= 11 is 6.32. The highest BCUT2D eigenvalue weighted by Gasteiger charge is 2.41. The summed E-state index contributed by atoms with van der Waals surface area (Å²) in [5.74, 6) is 2.97. The van der Waals surface area contributed by atoms with Crippen molar-refractivity contribution in [2.45, 2.75) is 18.7 Å². The minimum Gasteiger partial charge on any atom is -0.497 e. The summed E-state index contributed by atoms with van der Waals surface area (Å²) in [4.78, 5) is 0. The third-order valence-corrected chi connectivity index (χ3v) is 6.10. The van der Waals surface area contributed by atoms with Gasteiger partial charge in [0, 0.05) is 28.1 Å². The Hall–Kier alpha value is -3.38. The molecule has 5 rings (SSSR count). The lowest BCUT2D eigenvalue weighted by atomic mass is 9.95. The maximum absolute atomic E-state index is 6.40. The van der Waals surface area contributed by atoms with Crippen LogP contribution in [0.15, 0.2) is 65.8 Å². The number of nitrogens with zero attached hydrogens (tertiary/aromatic N) is 2. The van der Waals surface area contributed by atoms with Crippen LogP contribution in [0.4, 0.5) is 0 Å². The maximum Gasteiger partial charge on any atom is 0.213 e. The first-order chi connectivity index (χ1) is 15.6. The highest BCUT2D eigenvalue weighted by molar-refractivity contribution is 6.30. The van der Waals surface area contributed by atoms with Crippen molar-refractivity contribution in [1.29, 1.82) is 0 Å². The van der Waals surface area contributed by atoms with Gasteiger partial charge in [0.05, 0.1) is 33.1 Å². The van der Waals surface area contributed by atoms with Crippen LogP contribution < -0.4 is 18.9 Å². The van der Waals surface area contributed by atoms with Crippen LogP contribution in [0, 0.1) is 0 Å². The van der Waals surface area contributed by atoms with Crippen LogP contribution in [0.25, 0.3) is 0 Å². The van der Waals surface area contributed by atoms with Gasteiger partial charge in [0.1, 0.15) is 11.5 Å². The molecule has 2 heterocycles. The van der Waals surface area contributed by atoms with E-state index in [9.17, 15) is 0 Å². The van der Waals surface area contributed by atoms with Gasteiger partial charge in [-0.2, -0.15) is 5.10 Å². The molecule has 0 fully saturated rings. The van der Waals surface area contributed by atoms with Crippen molar-refractivity contribution in [1.82, 2.24) is 5.01 Å². The van der Waals surface area contributed by atoms with Gasteiger partial charge in [0.15, 0.2) is 11.5 Å². The van der Waals surface area contributed by atoms with Crippen molar-refractivity contribution in [3.63, 3.8) is 0 Å². The number of hydrazone groups is 1. The van der Waals surface area contributed by atoms with Gasteiger partial charge < -0.3 is 18.9 Å². The van der Waals surface area contributed by atoms with E-state index in [-0.39, 0.29) is 12.3 Å². The van der Waals surface area contributed by atoms with E-state index in [1.807, 2.05) is 65.7 Å². The molecule has 0 radical (unpaired) electrons. The molecule has 3 aromatic carbocycles. The Morgan fingerprint density at radius 1 is 0.906 bits per heavy atom. The number of ether oxygens (including phenoxy) is 4. The third-order valence-electron chi connectivity index (χ3n) is 5.87. The molecular formula is C25H23ClN2O4. The first-order valence-corrected chi connectivity index (χ1v) is 10.7. The highest BCUT2D eigenvalue weighted by Crippen LogP contribution is 2.48. The lowest BCUT2D eigenvalue weighted by molar-refractivity contribution is -0.0190. The second-order valence-corrected chi connectivity index (χ2v) is 8.08. The van der Waals surface area contributed by atoms with Crippen LogP contribution in [-0.2, 0) is 0 Å². The summed E-state index contributed by atoms with van der Waals surface area (Å²) in [5.41, 5.74) is 3.95. The third kappa shape index (κ3) is 3.50. The quantitative estimate of drug-likeness (QED) is 0.505. The first kappa shape index (κ1) is 20.5. The molecular weight excluding hydrogens is 428 g/mol. The minimum atomic E-state index is -0.364. The predicted molar refractivity (Wildman–Crippen MR) is 123 cm³/mol. The van der Waals surface area contributed by atoms with Crippen molar-refractivity contribution in [3.8, 4) is 23.0 Å². The van der Waals surface area contributed by atoms with Crippen molar-refractivity contribution >= 4 is 17.3 Å². The zero-order valence-corrected chi connectivity index (χ0v) is 18.8. The van der Waals surface area contributed by atoms with Crippen molar-refractivity contribution < 1.29 is 18.9 Å². The smallest absolute Gasteiger partial charge is 0.213 e. The summed E-state index contributed by atoms with van der Waals surface area (Å²) in [6, 6.07) is 19.5. The Morgan fingerprint density at radius 2 is 1.69 bits per heavy atom. The fourth-order valence-electron chi connectivity index (χ4n) is 4.24. The largest absolute Gasteiger partial charge is 0.497 e. The second-order valence-electron chi connectivity index (χ2n) is 7.64. The molecule has 0 saturated carbocycles. The summed E-state index contributed by atoms with van der Waals surface area (Å²) in [7, 11) is 4.91.